The summed E-state index contributed by atoms with van der Waals surface area (Å²) in [4.78, 5) is 16.4. The summed E-state index contributed by atoms with van der Waals surface area (Å²) >= 11 is 0. The number of aromatic nitrogens is 2. The number of carbonyl (C=O) groups is 1. The first-order valence-corrected chi connectivity index (χ1v) is 8.12. The van der Waals surface area contributed by atoms with Gasteiger partial charge in [0.1, 0.15) is 5.41 Å². The maximum absolute atomic E-state index is 11.8. The molecule has 0 saturated heterocycles. The van der Waals surface area contributed by atoms with Gasteiger partial charge in [-0.05, 0) is 44.4 Å². The Hall–Kier alpha value is -1.39. The van der Waals surface area contributed by atoms with E-state index in [4.69, 9.17) is 9.26 Å². The third-order valence-electron chi connectivity index (χ3n) is 5.09. The maximum Gasteiger partial charge on any atom is 0.321 e. The van der Waals surface area contributed by atoms with E-state index in [0.717, 1.165) is 37.4 Å². The topological polar surface area (TPSA) is 65.2 Å². The van der Waals surface area contributed by atoms with Crippen molar-refractivity contribution in [2.24, 2.45) is 5.92 Å². The number of esters is 1. The van der Waals surface area contributed by atoms with Gasteiger partial charge in [0.2, 0.25) is 5.89 Å². The van der Waals surface area contributed by atoms with Gasteiger partial charge in [-0.15, -0.1) is 0 Å². The van der Waals surface area contributed by atoms with Crippen LogP contribution in [-0.2, 0) is 14.9 Å². The Kier molecular flexibility index (Phi) is 4.00. The minimum Gasteiger partial charge on any atom is -0.468 e. The number of hydrogen-bond acceptors (Lipinski definition) is 5. The first kappa shape index (κ1) is 14.5. The summed E-state index contributed by atoms with van der Waals surface area (Å²) < 4.78 is 10.2. The van der Waals surface area contributed by atoms with Crippen LogP contribution < -0.4 is 0 Å². The van der Waals surface area contributed by atoms with E-state index in [1.165, 1.54) is 32.8 Å². The number of nitrogens with zero attached hydrogens (tertiary/aromatic N) is 2. The average Bonchev–Trinajstić information content (AvgIpc) is 3.18. The summed E-state index contributed by atoms with van der Waals surface area (Å²) in [6, 6.07) is 0. The fourth-order valence-corrected chi connectivity index (χ4v) is 3.54. The molecule has 0 aromatic carbocycles. The second-order valence-corrected chi connectivity index (χ2v) is 6.54. The van der Waals surface area contributed by atoms with Gasteiger partial charge in [0.15, 0.2) is 5.82 Å². The molecule has 5 heteroatoms. The van der Waals surface area contributed by atoms with Gasteiger partial charge < -0.3 is 9.26 Å². The van der Waals surface area contributed by atoms with Crippen LogP contribution in [0.2, 0.25) is 0 Å². The van der Waals surface area contributed by atoms with Crippen molar-refractivity contribution in [2.45, 2.75) is 69.6 Å². The lowest BCUT2D eigenvalue weighted by atomic mass is 9.80. The van der Waals surface area contributed by atoms with E-state index in [9.17, 15) is 4.79 Å². The third-order valence-corrected chi connectivity index (χ3v) is 5.09. The van der Waals surface area contributed by atoms with E-state index in [-0.39, 0.29) is 5.97 Å². The highest BCUT2D eigenvalue weighted by atomic mass is 16.5. The number of hydrogen-bond donors (Lipinski definition) is 0. The molecule has 1 aromatic rings. The van der Waals surface area contributed by atoms with Gasteiger partial charge in [0, 0.05) is 5.92 Å². The number of ether oxygens (including phenoxy) is 1. The lowest BCUT2D eigenvalue weighted by Crippen LogP contribution is -2.22. The average molecular weight is 292 g/mol. The highest BCUT2D eigenvalue weighted by Crippen LogP contribution is 2.49. The van der Waals surface area contributed by atoms with Crippen LogP contribution in [0.15, 0.2) is 4.52 Å². The number of methoxy groups -OCH3 is 1. The van der Waals surface area contributed by atoms with Crippen molar-refractivity contribution in [3.05, 3.63) is 11.7 Å². The molecule has 116 valence electrons. The van der Waals surface area contributed by atoms with Crippen molar-refractivity contribution in [1.82, 2.24) is 10.1 Å². The number of rotatable bonds is 5. The van der Waals surface area contributed by atoms with Crippen LogP contribution in [0.5, 0.6) is 0 Å². The van der Waals surface area contributed by atoms with Gasteiger partial charge in [-0.2, -0.15) is 4.98 Å². The lowest BCUT2D eigenvalue weighted by Gasteiger charge is -2.26. The first-order valence-electron chi connectivity index (χ1n) is 8.12. The quantitative estimate of drug-likeness (QED) is 0.779. The highest BCUT2D eigenvalue weighted by molar-refractivity contribution is 5.85. The molecule has 2 fully saturated rings. The largest absolute Gasteiger partial charge is 0.468 e. The normalized spacial score (nSPS) is 27.3. The van der Waals surface area contributed by atoms with E-state index < -0.39 is 5.41 Å². The molecule has 5 nitrogen and oxygen atoms in total. The van der Waals surface area contributed by atoms with Crippen LogP contribution in [0.4, 0.5) is 0 Å². The van der Waals surface area contributed by atoms with Crippen LogP contribution in [0.1, 0.15) is 75.9 Å². The molecule has 0 spiro atoms. The second kappa shape index (κ2) is 5.78. The Labute approximate surface area is 125 Å². The molecular formula is C16H24N2O3. The molecule has 2 aliphatic carbocycles. The third kappa shape index (κ3) is 2.70. The monoisotopic (exact) mass is 292 g/mol. The van der Waals surface area contributed by atoms with E-state index in [1.807, 2.05) is 0 Å². The van der Waals surface area contributed by atoms with Crippen molar-refractivity contribution in [1.29, 1.82) is 0 Å². The van der Waals surface area contributed by atoms with Crippen molar-refractivity contribution in [3.8, 4) is 0 Å². The first-order chi connectivity index (χ1) is 10.2. The summed E-state index contributed by atoms with van der Waals surface area (Å²) in [6.45, 7) is 2.25. The SMILES string of the molecule is CCCC1CCC(c2noc(C3(C(=O)OC)CC3)n2)CC1. The minimum atomic E-state index is -0.639. The van der Waals surface area contributed by atoms with Gasteiger partial charge in [0.25, 0.3) is 0 Å². The lowest BCUT2D eigenvalue weighted by molar-refractivity contribution is -0.144. The predicted molar refractivity (Wildman–Crippen MR) is 76.8 cm³/mol. The zero-order valence-electron chi connectivity index (χ0n) is 12.9. The molecular weight excluding hydrogens is 268 g/mol. The smallest absolute Gasteiger partial charge is 0.321 e. The molecule has 0 unspecified atom stereocenters. The Morgan fingerprint density at radius 1 is 1.33 bits per heavy atom. The number of carbonyl (C=O) groups excluding carboxylic acids is 1. The fourth-order valence-electron chi connectivity index (χ4n) is 3.54. The van der Waals surface area contributed by atoms with E-state index in [1.54, 1.807) is 0 Å². The highest BCUT2D eigenvalue weighted by Gasteiger charge is 2.57. The summed E-state index contributed by atoms with van der Waals surface area (Å²) in [5, 5.41) is 4.14. The standard InChI is InChI=1S/C16H24N2O3/c1-3-4-11-5-7-12(8-6-11)13-17-14(21-18-13)16(9-10-16)15(19)20-2/h11-12H,3-10H2,1-2H3. The molecule has 0 amide bonds. The molecule has 1 aromatic heterocycles. The fraction of sp³-hybridized carbons (Fsp3) is 0.812. The van der Waals surface area contributed by atoms with Crippen molar-refractivity contribution in [2.75, 3.05) is 7.11 Å². The van der Waals surface area contributed by atoms with Gasteiger partial charge in [-0.1, -0.05) is 24.9 Å². The molecule has 0 N–H and O–H groups in total. The molecule has 0 aliphatic heterocycles. The summed E-state index contributed by atoms with van der Waals surface area (Å²) in [7, 11) is 1.41. The predicted octanol–water partition coefficient (Wildman–Crippen LogP) is 3.35. The van der Waals surface area contributed by atoms with E-state index in [0.29, 0.717) is 11.8 Å². The molecule has 1 heterocycles. The van der Waals surface area contributed by atoms with Gasteiger partial charge in [-0.25, -0.2) is 0 Å². The second-order valence-electron chi connectivity index (χ2n) is 6.54. The summed E-state index contributed by atoms with van der Waals surface area (Å²) in [5.74, 6) is 2.26. The molecule has 2 saturated carbocycles. The summed E-state index contributed by atoms with van der Waals surface area (Å²) in [5.41, 5.74) is -0.639. The van der Waals surface area contributed by atoms with Crippen LogP contribution in [-0.4, -0.2) is 23.2 Å². The van der Waals surface area contributed by atoms with Crippen molar-refractivity contribution in [3.63, 3.8) is 0 Å². The van der Waals surface area contributed by atoms with E-state index in [2.05, 4.69) is 17.1 Å². The Morgan fingerprint density at radius 2 is 2.05 bits per heavy atom. The minimum absolute atomic E-state index is 0.246. The molecule has 0 bridgehead atoms. The molecule has 0 radical (unpaired) electrons. The van der Waals surface area contributed by atoms with Crippen LogP contribution in [0.25, 0.3) is 0 Å². The van der Waals surface area contributed by atoms with Crippen LogP contribution >= 0.6 is 0 Å². The van der Waals surface area contributed by atoms with Crippen LogP contribution in [0, 0.1) is 5.92 Å². The van der Waals surface area contributed by atoms with Crippen LogP contribution in [0.3, 0.4) is 0 Å². The van der Waals surface area contributed by atoms with E-state index >= 15 is 0 Å². The van der Waals surface area contributed by atoms with Gasteiger partial charge in [-0.3, -0.25) is 4.79 Å². The Bertz CT molecular complexity index is 499. The maximum atomic E-state index is 11.8. The Morgan fingerprint density at radius 3 is 2.62 bits per heavy atom. The molecule has 3 rings (SSSR count). The molecule has 21 heavy (non-hydrogen) atoms. The molecule has 2 aliphatic rings. The van der Waals surface area contributed by atoms with Gasteiger partial charge >= 0.3 is 5.97 Å². The van der Waals surface area contributed by atoms with Gasteiger partial charge in [0.05, 0.1) is 7.11 Å². The zero-order valence-corrected chi connectivity index (χ0v) is 12.9. The molecule has 0 atom stereocenters. The Balaban J connectivity index is 1.65. The zero-order chi connectivity index (χ0) is 14.9. The van der Waals surface area contributed by atoms with Crippen molar-refractivity contribution >= 4 is 5.97 Å². The summed E-state index contributed by atoms with van der Waals surface area (Å²) in [6.07, 6.45) is 8.88. The van der Waals surface area contributed by atoms with Crippen molar-refractivity contribution < 1.29 is 14.1 Å².